The molecule has 0 aromatic heterocycles. The Morgan fingerprint density at radius 2 is 1.52 bits per heavy atom. The summed E-state index contributed by atoms with van der Waals surface area (Å²) in [6, 6.07) is 24.1. The fourth-order valence-corrected chi connectivity index (χ4v) is 5.03. The molecule has 4 aromatic carbocycles. The van der Waals surface area contributed by atoms with Crippen LogP contribution < -0.4 is 14.8 Å². The number of nitrogens with zero attached hydrogens (tertiary/aromatic N) is 2. The molecule has 50 heavy (non-hydrogen) atoms. The van der Waals surface area contributed by atoms with Gasteiger partial charge in [0.05, 0.1) is 30.0 Å². The number of amides is 2. The first kappa shape index (κ1) is 37.8. The zero-order chi connectivity index (χ0) is 36.5. The molecule has 8 nitrogen and oxygen atoms in total. The monoisotopic (exact) mass is 699 g/mol. The molecule has 0 aliphatic carbocycles. The molecule has 0 saturated heterocycles. The highest BCUT2D eigenvalue weighted by Gasteiger charge is 2.42. The first-order valence-electron chi connectivity index (χ1n) is 15.7. The highest BCUT2D eigenvalue weighted by atomic mass is 19.4. The fraction of sp³-hybridized carbons (Fsp3) is 0.297. The fourth-order valence-electron chi connectivity index (χ4n) is 5.03. The third-order valence-electron chi connectivity index (χ3n) is 7.46. The highest BCUT2D eigenvalue weighted by Crippen LogP contribution is 2.37. The van der Waals surface area contributed by atoms with Gasteiger partial charge >= 0.3 is 12.1 Å². The number of hydrogen-bond donors (Lipinski definition) is 2. The van der Waals surface area contributed by atoms with Gasteiger partial charge in [-0.1, -0.05) is 55.5 Å². The smallest absolute Gasteiger partial charge is 0.416 e. The maximum absolute atomic E-state index is 14.7. The van der Waals surface area contributed by atoms with Crippen LogP contribution in [0.4, 0.5) is 27.6 Å². The number of rotatable bonds is 9. The number of para-hydroxylation sites is 2. The molecular weight excluding hydrogens is 661 g/mol. The summed E-state index contributed by atoms with van der Waals surface area (Å²) in [6.45, 7) is 2.95. The highest BCUT2D eigenvalue weighted by molar-refractivity contribution is 6.03. The lowest BCUT2D eigenvalue weighted by molar-refractivity contribution is -0.141. The number of ether oxygens (including phenoxy) is 2. The first-order valence-corrected chi connectivity index (χ1v) is 15.7. The van der Waals surface area contributed by atoms with E-state index in [1.54, 1.807) is 6.92 Å². The van der Waals surface area contributed by atoms with Crippen LogP contribution in [0, 0.1) is 5.92 Å². The van der Waals surface area contributed by atoms with Crippen LogP contribution in [-0.2, 0) is 23.4 Å². The van der Waals surface area contributed by atoms with Crippen molar-refractivity contribution in [2.45, 2.75) is 25.6 Å². The number of nitrogens with one attached hydrogen (secondary N) is 1. The summed E-state index contributed by atoms with van der Waals surface area (Å²) in [7, 11) is 4.13. The van der Waals surface area contributed by atoms with Gasteiger partial charge in [0.15, 0.2) is 5.75 Å². The minimum absolute atomic E-state index is 0.0194. The number of carbonyl (C=O) groups is 2. The molecule has 5 rings (SSSR count). The molecule has 1 heterocycles. The zero-order valence-electron chi connectivity index (χ0n) is 27.7. The summed E-state index contributed by atoms with van der Waals surface area (Å²) in [5.74, 6) is -4.97. The van der Waals surface area contributed by atoms with E-state index in [0.717, 1.165) is 18.0 Å². The molecule has 0 radical (unpaired) electrons. The van der Waals surface area contributed by atoms with Gasteiger partial charge in [0.25, 0.3) is 11.8 Å². The number of benzene rings is 4. The molecule has 1 atom stereocenters. The predicted molar refractivity (Wildman–Crippen MR) is 178 cm³/mol. The van der Waals surface area contributed by atoms with Crippen molar-refractivity contribution in [2.24, 2.45) is 5.92 Å². The minimum atomic E-state index is -4.71. The van der Waals surface area contributed by atoms with E-state index < -0.39 is 35.0 Å². The predicted octanol–water partition coefficient (Wildman–Crippen LogP) is 7.44. The third-order valence-corrected chi connectivity index (χ3v) is 7.46. The third kappa shape index (κ3) is 10.0. The van der Waals surface area contributed by atoms with Crippen LogP contribution in [0.15, 0.2) is 97.1 Å². The van der Waals surface area contributed by atoms with Gasteiger partial charge in [-0.25, -0.2) is 0 Å². The lowest BCUT2D eigenvalue weighted by Gasteiger charge is -2.30. The quantitative estimate of drug-likeness (QED) is 0.177. The Hall–Kier alpha value is -5.01. The van der Waals surface area contributed by atoms with Gasteiger partial charge < -0.3 is 29.7 Å². The van der Waals surface area contributed by atoms with E-state index >= 15 is 0 Å². The molecular formula is C37H38F5N3O5. The number of carbonyl (C=O) groups excluding carboxylic acids is 2. The van der Waals surface area contributed by atoms with Gasteiger partial charge in [0.2, 0.25) is 0 Å². The molecule has 0 bridgehead atoms. The lowest BCUT2D eigenvalue weighted by atomic mass is 10.0. The van der Waals surface area contributed by atoms with Gasteiger partial charge in [-0.05, 0) is 68.2 Å². The summed E-state index contributed by atoms with van der Waals surface area (Å²) in [6.07, 6.45) is -4.71. The van der Waals surface area contributed by atoms with Crippen LogP contribution in [0.25, 0.3) is 0 Å². The second-order valence-corrected chi connectivity index (χ2v) is 12.0. The number of aliphatic hydroxyl groups excluding tert-OH is 1. The summed E-state index contributed by atoms with van der Waals surface area (Å²) in [5, 5.41) is 11.3. The van der Waals surface area contributed by atoms with Crippen molar-refractivity contribution in [1.29, 1.82) is 0 Å². The zero-order valence-corrected chi connectivity index (χ0v) is 27.7. The Morgan fingerprint density at radius 1 is 0.900 bits per heavy atom. The van der Waals surface area contributed by atoms with Crippen LogP contribution in [0.5, 0.6) is 17.2 Å². The minimum Gasteiger partial charge on any atom is -0.490 e. The molecule has 0 saturated carbocycles. The summed E-state index contributed by atoms with van der Waals surface area (Å²) in [5.41, 5.74) is -0.927. The number of fused-ring (bicyclic) bond motifs is 1. The van der Waals surface area contributed by atoms with Crippen LogP contribution in [0.3, 0.4) is 0 Å². The molecule has 0 unspecified atom stereocenters. The average Bonchev–Trinajstić information content (AvgIpc) is 3.07. The van der Waals surface area contributed by atoms with Crippen molar-refractivity contribution in [3.8, 4) is 17.2 Å². The van der Waals surface area contributed by atoms with Crippen LogP contribution in [-0.4, -0.2) is 67.1 Å². The topological polar surface area (TPSA) is 91.3 Å². The van der Waals surface area contributed by atoms with E-state index in [1.807, 2.05) is 47.8 Å². The Bertz CT molecular complexity index is 1720. The molecule has 266 valence electrons. The standard InChI is InChI=1S/C22H21F5N2O4.C15H17NO/c1-13-11-29(9-10-30)19(31)16-3-2-4-17(18(16)33-12-13)28-20(32)21(23,24)14-5-7-15(8-6-14)22(25,26)27;1-16(2)12-13-8-10-15(11-9-13)17-14-6-4-3-5-7-14/h2-8,13,30H,9-12H2,1H3,(H,28,32);3-11H,12H2,1-2H3/t13-;/m1./s1. The van der Waals surface area contributed by atoms with Crippen LogP contribution >= 0.6 is 0 Å². The van der Waals surface area contributed by atoms with E-state index in [-0.39, 0.29) is 42.7 Å². The molecule has 0 spiro atoms. The van der Waals surface area contributed by atoms with Gasteiger partial charge in [-0.2, -0.15) is 22.0 Å². The number of alkyl halides is 5. The number of anilines is 1. The van der Waals surface area contributed by atoms with Gasteiger partial charge in [0, 0.05) is 31.1 Å². The molecule has 2 N–H and O–H groups in total. The van der Waals surface area contributed by atoms with E-state index in [4.69, 9.17) is 9.47 Å². The van der Waals surface area contributed by atoms with Crippen molar-refractivity contribution < 1.29 is 46.1 Å². The molecule has 4 aromatic rings. The Morgan fingerprint density at radius 3 is 2.12 bits per heavy atom. The van der Waals surface area contributed by atoms with E-state index in [9.17, 15) is 36.6 Å². The first-order chi connectivity index (χ1) is 23.7. The Kier molecular flexibility index (Phi) is 12.5. The second kappa shape index (κ2) is 16.6. The van der Waals surface area contributed by atoms with Crippen LogP contribution in [0.1, 0.15) is 34.0 Å². The maximum atomic E-state index is 14.7. The van der Waals surface area contributed by atoms with Crippen molar-refractivity contribution in [1.82, 2.24) is 9.80 Å². The maximum Gasteiger partial charge on any atom is 0.416 e. The van der Waals surface area contributed by atoms with Crippen molar-refractivity contribution in [3.63, 3.8) is 0 Å². The summed E-state index contributed by atoms with van der Waals surface area (Å²) < 4.78 is 78.9. The van der Waals surface area contributed by atoms with Gasteiger partial charge in [-0.15, -0.1) is 0 Å². The van der Waals surface area contributed by atoms with Crippen molar-refractivity contribution in [2.75, 3.05) is 45.7 Å². The number of hydrogen-bond acceptors (Lipinski definition) is 6. The molecule has 1 aliphatic heterocycles. The van der Waals surface area contributed by atoms with Crippen molar-refractivity contribution >= 4 is 17.5 Å². The average molecular weight is 700 g/mol. The SMILES string of the molecule is CN(C)Cc1ccc(Oc2ccccc2)cc1.C[C@H]1COc2c(NC(=O)C(F)(F)c3ccc(C(F)(F)F)cc3)cccc2C(=O)N(CCO)C1. The summed E-state index contributed by atoms with van der Waals surface area (Å²) in [4.78, 5) is 28.8. The summed E-state index contributed by atoms with van der Waals surface area (Å²) >= 11 is 0. The van der Waals surface area contributed by atoms with E-state index in [0.29, 0.717) is 30.8 Å². The largest absolute Gasteiger partial charge is 0.490 e. The molecule has 2 amide bonds. The Balaban J connectivity index is 0.000000276. The van der Waals surface area contributed by atoms with Gasteiger partial charge in [0.1, 0.15) is 11.5 Å². The molecule has 0 fully saturated rings. The number of halogens is 5. The van der Waals surface area contributed by atoms with E-state index in [2.05, 4.69) is 31.1 Å². The normalized spacial score (nSPS) is 14.8. The molecule has 1 aliphatic rings. The molecule has 13 heteroatoms. The Labute approximate surface area is 287 Å². The second-order valence-electron chi connectivity index (χ2n) is 12.0. The lowest BCUT2D eigenvalue weighted by Crippen LogP contribution is -2.40. The van der Waals surface area contributed by atoms with E-state index in [1.165, 1.54) is 28.7 Å². The van der Waals surface area contributed by atoms with Gasteiger partial charge in [-0.3, -0.25) is 9.59 Å². The number of aliphatic hydroxyl groups is 1. The van der Waals surface area contributed by atoms with Crippen molar-refractivity contribution in [3.05, 3.63) is 119 Å². The number of β-amino-alcohol motifs (C(OH)–C–C–N with tert-alkyl or cyclic N) is 1. The van der Waals surface area contributed by atoms with Crippen LogP contribution in [0.2, 0.25) is 0 Å².